The van der Waals surface area contributed by atoms with Crippen LogP contribution in [0.5, 0.6) is 0 Å². The normalized spacial score (nSPS) is 23.0. The Morgan fingerprint density at radius 2 is 2.14 bits per heavy atom. The van der Waals surface area contributed by atoms with Gasteiger partial charge in [0.15, 0.2) is 5.13 Å². The summed E-state index contributed by atoms with van der Waals surface area (Å²) < 4.78 is 5.48. The van der Waals surface area contributed by atoms with E-state index in [1.54, 1.807) is 4.90 Å². The molecule has 1 heterocycles. The summed E-state index contributed by atoms with van der Waals surface area (Å²) in [6, 6.07) is 7.76. The van der Waals surface area contributed by atoms with Gasteiger partial charge in [-0.3, -0.25) is 14.5 Å². The minimum Gasteiger partial charge on any atom is -0.459 e. The van der Waals surface area contributed by atoms with Gasteiger partial charge in [-0.25, -0.2) is 4.98 Å². The smallest absolute Gasteiger partial charge is 0.306 e. The van der Waals surface area contributed by atoms with Crippen LogP contribution in [0.2, 0.25) is 0 Å². The largest absolute Gasteiger partial charge is 0.459 e. The minimum atomic E-state index is -0.130. The zero-order valence-electron chi connectivity index (χ0n) is 16.4. The van der Waals surface area contributed by atoms with Gasteiger partial charge in [0.1, 0.15) is 6.61 Å². The lowest BCUT2D eigenvalue weighted by molar-refractivity contribution is -0.146. The molecule has 0 N–H and O–H groups in total. The molecule has 0 aliphatic heterocycles. The third-order valence-electron chi connectivity index (χ3n) is 6.00. The Morgan fingerprint density at radius 1 is 1.29 bits per heavy atom. The molecule has 1 amide bonds. The first-order chi connectivity index (χ1) is 13.5. The van der Waals surface area contributed by atoms with Gasteiger partial charge in [0.2, 0.25) is 5.91 Å². The second-order valence-corrected chi connectivity index (χ2v) is 8.95. The van der Waals surface area contributed by atoms with E-state index in [9.17, 15) is 9.59 Å². The number of anilines is 2. The van der Waals surface area contributed by atoms with Gasteiger partial charge in [-0.1, -0.05) is 18.6 Å². The van der Waals surface area contributed by atoms with Crippen molar-refractivity contribution in [3.8, 4) is 0 Å². The maximum Gasteiger partial charge on any atom is 0.306 e. The van der Waals surface area contributed by atoms with E-state index in [1.807, 2.05) is 36.6 Å². The topological polar surface area (TPSA) is 59.5 Å². The number of hydrogen-bond acceptors (Lipinski definition) is 5. The Bertz CT molecular complexity index is 878. The van der Waals surface area contributed by atoms with Crippen LogP contribution in [0.3, 0.4) is 0 Å². The number of rotatable bonds is 6. The Morgan fingerprint density at radius 3 is 2.82 bits per heavy atom. The summed E-state index contributed by atoms with van der Waals surface area (Å²) in [7, 11) is 0. The molecule has 2 aliphatic rings. The van der Waals surface area contributed by atoms with Crippen molar-refractivity contribution in [1.29, 1.82) is 0 Å². The third kappa shape index (κ3) is 4.12. The van der Waals surface area contributed by atoms with Gasteiger partial charge >= 0.3 is 5.97 Å². The first-order valence-electron chi connectivity index (χ1n) is 9.97. The van der Waals surface area contributed by atoms with Crippen molar-refractivity contribution < 1.29 is 14.3 Å². The maximum atomic E-state index is 12.2. The van der Waals surface area contributed by atoms with E-state index in [4.69, 9.17) is 4.74 Å². The van der Waals surface area contributed by atoms with E-state index < -0.39 is 0 Å². The van der Waals surface area contributed by atoms with E-state index in [2.05, 4.69) is 4.98 Å². The highest BCUT2D eigenvalue weighted by molar-refractivity contribution is 7.14. The molecule has 148 valence electrons. The van der Waals surface area contributed by atoms with Gasteiger partial charge in [0, 0.05) is 18.7 Å². The second-order valence-electron chi connectivity index (χ2n) is 8.11. The van der Waals surface area contributed by atoms with Crippen LogP contribution in [0.25, 0.3) is 0 Å². The van der Waals surface area contributed by atoms with Crippen LogP contribution in [0.1, 0.15) is 50.3 Å². The monoisotopic (exact) mass is 398 g/mol. The molecule has 3 atom stereocenters. The average molecular weight is 399 g/mol. The molecule has 0 spiro atoms. The fourth-order valence-corrected chi connectivity index (χ4v) is 5.58. The first kappa shape index (κ1) is 19.1. The number of esters is 1. The van der Waals surface area contributed by atoms with Gasteiger partial charge in [-0.15, -0.1) is 11.3 Å². The molecule has 2 saturated carbocycles. The van der Waals surface area contributed by atoms with Crippen LogP contribution >= 0.6 is 11.3 Å². The van der Waals surface area contributed by atoms with Crippen LogP contribution in [-0.4, -0.2) is 16.9 Å². The van der Waals surface area contributed by atoms with Crippen molar-refractivity contribution in [3.05, 3.63) is 40.9 Å². The average Bonchev–Trinajstić information content (AvgIpc) is 3.37. The minimum absolute atomic E-state index is 0.0974. The number of benzene rings is 1. The molecule has 0 saturated heterocycles. The Hall–Kier alpha value is -2.21. The van der Waals surface area contributed by atoms with E-state index >= 15 is 0 Å². The number of carbonyl (C=O) groups excluding carboxylic acids is 2. The maximum absolute atomic E-state index is 12.2. The molecule has 4 rings (SSSR count). The molecule has 5 nitrogen and oxygen atoms in total. The summed E-state index contributed by atoms with van der Waals surface area (Å²) >= 11 is 1.38. The molecule has 0 unspecified atom stereocenters. The Kier molecular flexibility index (Phi) is 5.49. The summed E-state index contributed by atoms with van der Waals surface area (Å²) in [6.45, 7) is 3.68. The molecule has 28 heavy (non-hydrogen) atoms. The predicted octanol–water partition coefficient (Wildman–Crippen LogP) is 5.01. The summed E-state index contributed by atoms with van der Waals surface area (Å²) in [5.41, 5.74) is 2.55. The van der Waals surface area contributed by atoms with Crippen molar-refractivity contribution in [1.82, 2.24) is 4.98 Å². The second kappa shape index (κ2) is 8.03. The van der Waals surface area contributed by atoms with Crippen LogP contribution < -0.4 is 4.90 Å². The van der Waals surface area contributed by atoms with E-state index in [0.717, 1.165) is 23.1 Å². The highest BCUT2D eigenvalue weighted by Gasteiger charge is 2.40. The number of aromatic nitrogens is 1. The number of thiazole rings is 1. The summed E-state index contributed by atoms with van der Waals surface area (Å²) in [4.78, 5) is 30.6. The quantitative estimate of drug-likeness (QED) is 0.642. The number of ether oxygens (including phenoxy) is 1. The number of fused-ring (bicyclic) bond motifs is 2. The lowest BCUT2D eigenvalue weighted by Gasteiger charge is -2.20. The van der Waals surface area contributed by atoms with E-state index in [-0.39, 0.29) is 18.5 Å². The zero-order chi connectivity index (χ0) is 19.7. The van der Waals surface area contributed by atoms with Crippen LogP contribution in [0, 0.1) is 24.7 Å². The van der Waals surface area contributed by atoms with Crippen LogP contribution in [-0.2, 0) is 20.9 Å². The van der Waals surface area contributed by atoms with Crippen molar-refractivity contribution in [2.45, 2.75) is 52.6 Å². The molecule has 2 bridgehead atoms. The van der Waals surface area contributed by atoms with Crippen LogP contribution in [0.15, 0.2) is 29.6 Å². The number of aryl methyl sites for hydroxylation is 1. The molecular weight excluding hydrogens is 372 g/mol. The molecule has 1 aromatic heterocycles. The predicted molar refractivity (Wildman–Crippen MR) is 109 cm³/mol. The number of hydrogen-bond donors (Lipinski definition) is 0. The molecule has 2 fully saturated rings. The summed E-state index contributed by atoms with van der Waals surface area (Å²) in [5.74, 6) is 1.84. The summed E-state index contributed by atoms with van der Waals surface area (Å²) in [6.07, 6.45) is 5.63. The van der Waals surface area contributed by atoms with Gasteiger partial charge < -0.3 is 4.74 Å². The summed E-state index contributed by atoms with van der Waals surface area (Å²) in [5, 5.41) is 2.45. The molecule has 6 heteroatoms. The Labute approximate surface area is 169 Å². The highest BCUT2D eigenvalue weighted by atomic mass is 32.1. The molecule has 2 aromatic rings. The van der Waals surface area contributed by atoms with Crippen molar-refractivity contribution >= 4 is 34.0 Å². The standard InChI is InChI=1S/C22H26N2O3S/c1-14-4-3-5-20(8-14)24(15(2)25)22-23-19(13-28-22)12-27-21(26)11-18-10-16-6-7-17(18)9-16/h3-5,8,13,16-18H,6-7,9-12H2,1-2H3/t16-,17-,18-/m1/s1. The van der Waals surface area contributed by atoms with E-state index in [1.165, 1.54) is 43.9 Å². The molecule has 2 aliphatic carbocycles. The van der Waals surface area contributed by atoms with Crippen molar-refractivity contribution in [2.24, 2.45) is 17.8 Å². The lowest BCUT2D eigenvalue weighted by Crippen LogP contribution is -2.22. The van der Waals surface area contributed by atoms with E-state index in [0.29, 0.717) is 23.2 Å². The number of carbonyl (C=O) groups is 2. The van der Waals surface area contributed by atoms with Gasteiger partial charge in [-0.05, 0) is 61.6 Å². The van der Waals surface area contributed by atoms with Gasteiger partial charge in [0.25, 0.3) is 0 Å². The SMILES string of the molecule is CC(=O)N(c1cccc(C)c1)c1nc(COC(=O)C[C@H]2C[C@@H]3CC[C@@H]2C3)cs1. The van der Waals surface area contributed by atoms with Gasteiger partial charge in [-0.2, -0.15) is 0 Å². The van der Waals surface area contributed by atoms with Crippen molar-refractivity contribution in [2.75, 3.05) is 4.90 Å². The lowest BCUT2D eigenvalue weighted by atomic mass is 9.86. The molecule has 1 aromatic carbocycles. The highest BCUT2D eigenvalue weighted by Crippen LogP contribution is 2.49. The van der Waals surface area contributed by atoms with Crippen molar-refractivity contribution in [3.63, 3.8) is 0 Å². The molecular formula is C22H26N2O3S. The molecule has 0 radical (unpaired) electrons. The number of amides is 1. The number of nitrogens with zero attached hydrogens (tertiary/aromatic N) is 2. The fraction of sp³-hybridized carbons (Fsp3) is 0.500. The van der Waals surface area contributed by atoms with Gasteiger partial charge in [0.05, 0.1) is 11.4 Å². The third-order valence-corrected chi connectivity index (χ3v) is 6.87. The fourth-order valence-electron chi connectivity index (χ4n) is 4.71. The van der Waals surface area contributed by atoms with Crippen LogP contribution in [0.4, 0.5) is 10.8 Å². The zero-order valence-corrected chi connectivity index (χ0v) is 17.2. The first-order valence-corrected chi connectivity index (χ1v) is 10.8. The Balaban J connectivity index is 1.36.